The Morgan fingerprint density at radius 3 is 2.82 bits per heavy atom. The van der Waals surface area contributed by atoms with Crippen molar-refractivity contribution in [3.05, 3.63) is 46.5 Å². The van der Waals surface area contributed by atoms with E-state index in [0.29, 0.717) is 12.6 Å². The Bertz CT molecular complexity index is 452. The molecule has 0 N–H and O–H groups in total. The van der Waals surface area contributed by atoms with Gasteiger partial charge in [-0.3, -0.25) is 4.79 Å². The van der Waals surface area contributed by atoms with Crippen LogP contribution < -0.4 is 0 Å². The van der Waals surface area contributed by atoms with Crippen molar-refractivity contribution in [1.29, 1.82) is 0 Å². The van der Waals surface area contributed by atoms with Crippen LogP contribution in [0.3, 0.4) is 0 Å². The zero-order chi connectivity index (χ0) is 12.4. The lowest BCUT2D eigenvalue weighted by atomic mass is 10.1. The average molecular weight is 294 g/mol. The molecular weight excluding hydrogens is 278 g/mol. The molecule has 1 aliphatic carbocycles. The molecule has 2 rings (SSSR count). The van der Waals surface area contributed by atoms with E-state index in [-0.39, 0.29) is 5.91 Å². The van der Waals surface area contributed by atoms with E-state index >= 15 is 0 Å². The van der Waals surface area contributed by atoms with E-state index < -0.39 is 0 Å². The minimum absolute atomic E-state index is 0.114. The normalized spacial score (nSPS) is 14.5. The first-order chi connectivity index (χ1) is 8.13. The number of hydrogen-bond donors (Lipinski definition) is 0. The SMILES string of the molecule is C=CCN(C(=O)c1ccc(Br)c(C)c1)C1CC1. The fraction of sp³-hybridized carbons (Fsp3) is 0.357. The van der Waals surface area contributed by atoms with E-state index in [4.69, 9.17) is 0 Å². The number of amides is 1. The zero-order valence-corrected chi connectivity index (χ0v) is 11.5. The van der Waals surface area contributed by atoms with E-state index in [9.17, 15) is 4.79 Å². The van der Waals surface area contributed by atoms with E-state index in [1.54, 1.807) is 6.08 Å². The van der Waals surface area contributed by atoms with E-state index in [0.717, 1.165) is 28.4 Å². The van der Waals surface area contributed by atoms with Crippen molar-refractivity contribution in [2.75, 3.05) is 6.54 Å². The Hall–Kier alpha value is -1.09. The highest BCUT2D eigenvalue weighted by molar-refractivity contribution is 9.10. The molecule has 0 spiro atoms. The first kappa shape index (κ1) is 12.4. The molecule has 1 aromatic rings. The standard InChI is InChI=1S/C14H16BrNO/c1-3-8-16(12-5-6-12)14(17)11-4-7-13(15)10(2)9-11/h3-4,7,9,12H,1,5-6,8H2,2H3. The van der Waals surface area contributed by atoms with Gasteiger partial charge in [-0.05, 0) is 43.5 Å². The maximum atomic E-state index is 12.3. The van der Waals surface area contributed by atoms with Gasteiger partial charge in [0.1, 0.15) is 0 Å². The van der Waals surface area contributed by atoms with Crippen LogP contribution in [0.5, 0.6) is 0 Å². The van der Waals surface area contributed by atoms with Crippen LogP contribution in [0.25, 0.3) is 0 Å². The molecule has 1 fully saturated rings. The molecule has 0 unspecified atom stereocenters. The summed E-state index contributed by atoms with van der Waals surface area (Å²) in [7, 11) is 0. The van der Waals surface area contributed by atoms with Gasteiger partial charge < -0.3 is 4.90 Å². The van der Waals surface area contributed by atoms with Crippen LogP contribution in [0.4, 0.5) is 0 Å². The van der Waals surface area contributed by atoms with Crippen LogP contribution in [0.1, 0.15) is 28.8 Å². The first-order valence-electron chi connectivity index (χ1n) is 5.81. The Morgan fingerprint density at radius 1 is 1.59 bits per heavy atom. The maximum Gasteiger partial charge on any atom is 0.254 e. The van der Waals surface area contributed by atoms with Gasteiger partial charge in [-0.1, -0.05) is 22.0 Å². The molecule has 0 radical (unpaired) electrons. The molecular formula is C14H16BrNO. The van der Waals surface area contributed by atoms with Gasteiger partial charge in [-0.25, -0.2) is 0 Å². The molecule has 90 valence electrons. The second-order valence-corrected chi connectivity index (χ2v) is 5.30. The predicted molar refractivity (Wildman–Crippen MR) is 73.1 cm³/mol. The maximum absolute atomic E-state index is 12.3. The first-order valence-corrected chi connectivity index (χ1v) is 6.61. The minimum Gasteiger partial charge on any atom is -0.332 e. The summed E-state index contributed by atoms with van der Waals surface area (Å²) in [6.07, 6.45) is 4.03. The second-order valence-electron chi connectivity index (χ2n) is 4.44. The molecule has 1 aliphatic rings. The van der Waals surface area contributed by atoms with Crippen molar-refractivity contribution in [3.63, 3.8) is 0 Å². The number of hydrogen-bond acceptors (Lipinski definition) is 1. The summed E-state index contributed by atoms with van der Waals surface area (Å²) in [6.45, 7) is 6.35. The Balaban J connectivity index is 2.21. The highest BCUT2D eigenvalue weighted by Gasteiger charge is 2.32. The van der Waals surface area contributed by atoms with E-state index in [1.165, 1.54) is 0 Å². The Kier molecular flexibility index (Phi) is 3.67. The van der Waals surface area contributed by atoms with Gasteiger partial charge >= 0.3 is 0 Å². The minimum atomic E-state index is 0.114. The molecule has 1 aromatic carbocycles. The van der Waals surface area contributed by atoms with Gasteiger partial charge in [0.2, 0.25) is 0 Å². The third-order valence-electron chi connectivity index (χ3n) is 2.98. The second kappa shape index (κ2) is 5.05. The van der Waals surface area contributed by atoms with E-state index in [2.05, 4.69) is 22.5 Å². The number of carbonyl (C=O) groups is 1. The Morgan fingerprint density at radius 2 is 2.29 bits per heavy atom. The third kappa shape index (κ3) is 2.78. The fourth-order valence-corrected chi connectivity index (χ4v) is 2.11. The van der Waals surface area contributed by atoms with Crippen molar-refractivity contribution in [1.82, 2.24) is 4.90 Å². The van der Waals surface area contributed by atoms with Crippen molar-refractivity contribution >= 4 is 21.8 Å². The highest BCUT2D eigenvalue weighted by atomic mass is 79.9. The summed E-state index contributed by atoms with van der Waals surface area (Å²) in [5.41, 5.74) is 1.85. The molecule has 0 heterocycles. The number of aryl methyl sites for hydroxylation is 1. The lowest BCUT2D eigenvalue weighted by Crippen LogP contribution is -2.33. The molecule has 0 saturated heterocycles. The van der Waals surface area contributed by atoms with Gasteiger partial charge in [0.05, 0.1) is 0 Å². The summed E-state index contributed by atoms with van der Waals surface area (Å²) < 4.78 is 1.04. The molecule has 17 heavy (non-hydrogen) atoms. The number of benzene rings is 1. The summed E-state index contributed by atoms with van der Waals surface area (Å²) in [4.78, 5) is 14.3. The topological polar surface area (TPSA) is 20.3 Å². The van der Waals surface area contributed by atoms with Gasteiger partial charge in [-0.2, -0.15) is 0 Å². The molecule has 0 aromatic heterocycles. The van der Waals surface area contributed by atoms with Gasteiger partial charge in [0, 0.05) is 22.6 Å². The molecule has 0 aliphatic heterocycles. The molecule has 1 saturated carbocycles. The van der Waals surface area contributed by atoms with Crippen molar-refractivity contribution in [2.24, 2.45) is 0 Å². The smallest absolute Gasteiger partial charge is 0.254 e. The number of rotatable bonds is 4. The summed E-state index contributed by atoms with van der Waals surface area (Å²) in [6, 6.07) is 6.16. The van der Waals surface area contributed by atoms with Crippen LogP contribution in [-0.4, -0.2) is 23.4 Å². The fourth-order valence-electron chi connectivity index (χ4n) is 1.87. The molecule has 0 bridgehead atoms. The van der Waals surface area contributed by atoms with Crippen LogP contribution in [0.15, 0.2) is 35.3 Å². The largest absolute Gasteiger partial charge is 0.332 e. The lowest BCUT2D eigenvalue weighted by molar-refractivity contribution is 0.0762. The number of carbonyl (C=O) groups excluding carboxylic acids is 1. The predicted octanol–water partition coefficient (Wildman–Crippen LogP) is 3.55. The quantitative estimate of drug-likeness (QED) is 0.778. The zero-order valence-electron chi connectivity index (χ0n) is 9.95. The monoisotopic (exact) mass is 293 g/mol. The summed E-state index contributed by atoms with van der Waals surface area (Å²) >= 11 is 3.45. The van der Waals surface area contributed by atoms with Crippen molar-refractivity contribution < 1.29 is 4.79 Å². The van der Waals surface area contributed by atoms with Gasteiger partial charge in [0.15, 0.2) is 0 Å². The Labute approximate surface area is 110 Å². The highest BCUT2D eigenvalue weighted by Crippen LogP contribution is 2.28. The average Bonchev–Trinajstić information content (AvgIpc) is 3.13. The van der Waals surface area contributed by atoms with Crippen LogP contribution >= 0.6 is 15.9 Å². The third-order valence-corrected chi connectivity index (χ3v) is 3.87. The summed E-state index contributed by atoms with van der Waals surface area (Å²) in [5.74, 6) is 0.114. The summed E-state index contributed by atoms with van der Waals surface area (Å²) in [5, 5.41) is 0. The van der Waals surface area contributed by atoms with Gasteiger partial charge in [-0.15, -0.1) is 6.58 Å². The molecule has 1 amide bonds. The van der Waals surface area contributed by atoms with Crippen LogP contribution in [-0.2, 0) is 0 Å². The number of nitrogens with zero attached hydrogens (tertiary/aromatic N) is 1. The molecule has 3 heteroatoms. The van der Waals surface area contributed by atoms with Gasteiger partial charge in [0.25, 0.3) is 5.91 Å². The number of halogens is 1. The van der Waals surface area contributed by atoms with Crippen LogP contribution in [0, 0.1) is 6.92 Å². The van der Waals surface area contributed by atoms with Crippen molar-refractivity contribution in [3.8, 4) is 0 Å². The molecule has 2 nitrogen and oxygen atoms in total. The lowest BCUT2D eigenvalue weighted by Gasteiger charge is -2.21. The van der Waals surface area contributed by atoms with Crippen LogP contribution in [0.2, 0.25) is 0 Å². The van der Waals surface area contributed by atoms with Crippen molar-refractivity contribution in [2.45, 2.75) is 25.8 Å². The molecule has 0 atom stereocenters. The van der Waals surface area contributed by atoms with E-state index in [1.807, 2.05) is 30.0 Å².